The Balaban J connectivity index is 1.63. The molecular weight excluding hydrogens is 320 g/mol. The zero-order valence-corrected chi connectivity index (χ0v) is 16.0. The number of Topliss-reactive ketones (excluding diaryl/α,β-unsaturated/α-hetero) is 1. The summed E-state index contributed by atoms with van der Waals surface area (Å²) in [4.78, 5) is 12.1. The molecule has 7 atom stereocenters. The predicted octanol–water partition coefficient (Wildman–Crippen LogP) is 4.99. The van der Waals surface area contributed by atoms with Crippen LogP contribution < -0.4 is 0 Å². The summed E-state index contributed by atoms with van der Waals surface area (Å²) >= 11 is 0. The SMILES string of the molecule is C=C[C@]1(O)CCC2C3CC=C4CC(=O)CC[C@@]45CC=C[C@@H](C[C@@]21CC)C35. The molecule has 0 saturated heterocycles. The third-order valence-corrected chi connectivity index (χ3v) is 9.43. The minimum atomic E-state index is -0.706. The molecule has 5 aliphatic carbocycles. The molecule has 0 aromatic carbocycles. The first-order valence-corrected chi connectivity index (χ1v) is 10.7. The lowest BCUT2D eigenvalue weighted by Gasteiger charge is -2.63. The van der Waals surface area contributed by atoms with Gasteiger partial charge in [-0.15, -0.1) is 6.58 Å². The van der Waals surface area contributed by atoms with Gasteiger partial charge in [0.1, 0.15) is 5.78 Å². The van der Waals surface area contributed by atoms with Gasteiger partial charge in [-0.25, -0.2) is 0 Å². The van der Waals surface area contributed by atoms with Crippen LogP contribution in [0.4, 0.5) is 0 Å². The first-order chi connectivity index (χ1) is 12.5. The number of hydrogen-bond acceptors (Lipinski definition) is 2. The fraction of sp³-hybridized carbons (Fsp3) is 0.708. The molecule has 2 nitrogen and oxygen atoms in total. The fourth-order valence-electron chi connectivity index (χ4n) is 8.38. The highest BCUT2D eigenvalue weighted by atomic mass is 16.3. The Bertz CT molecular complexity index is 718. The summed E-state index contributed by atoms with van der Waals surface area (Å²) < 4.78 is 0. The van der Waals surface area contributed by atoms with Crippen molar-refractivity contribution >= 4 is 5.78 Å². The maximum Gasteiger partial charge on any atom is 0.136 e. The molecule has 5 aliphatic rings. The van der Waals surface area contributed by atoms with Crippen LogP contribution in [0.3, 0.4) is 0 Å². The molecule has 140 valence electrons. The van der Waals surface area contributed by atoms with Gasteiger partial charge < -0.3 is 5.11 Å². The zero-order chi connectivity index (χ0) is 18.2. The number of aliphatic hydroxyl groups is 1. The molecule has 0 aromatic heterocycles. The lowest BCUT2D eigenvalue weighted by molar-refractivity contribution is -0.138. The van der Waals surface area contributed by atoms with Crippen LogP contribution in [-0.2, 0) is 4.79 Å². The maximum absolute atomic E-state index is 12.1. The normalized spacial score (nSPS) is 51.9. The van der Waals surface area contributed by atoms with Crippen LogP contribution in [0.15, 0.2) is 36.5 Å². The Morgan fingerprint density at radius 1 is 1.38 bits per heavy atom. The van der Waals surface area contributed by atoms with Crippen LogP contribution in [0, 0.1) is 34.5 Å². The summed E-state index contributed by atoms with van der Waals surface area (Å²) in [5, 5.41) is 11.5. The van der Waals surface area contributed by atoms with Crippen molar-refractivity contribution in [2.75, 3.05) is 0 Å². The molecule has 3 fully saturated rings. The van der Waals surface area contributed by atoms with Crippen LogP contribution in [-0.4, -0.2) is 16.5 Å². The number of carbonyl (C=O) groups is 1. The van der Waals surface area contributed by atoms with Gasteiger partial charge in [0, 0.05) is 18.3 Å². The van der Waals surface area contributed by atoms with E-state index in [9.17, 15) is 9.90 Å². The molecule has 0 radical (unpaired) electrons. The topological polar surface area (TPSA) is 37.3 Å². The Morgan fingerprint density at radius 2 is 2.23 bits per heavy atom. The highest BCUT2D eigenvalue weighted by molar-refractivity contribution is 5.82. The summed E-state index contributed by atoms with van der Waals surface area (Å²) in [5.74, 6) is 2.91. The predicted molar refractivity (Wildman–Crippen MR) is 103 cm³/mol. The minimum absolute atomic E-state index is 0.0146. The van der Waals surface area contributed by atoms with Gasteiger partial charge in [-0.1, -0.05) is 36.8 Å². The molecule has 0 aliphatic heterocycles. The quantitative estimate of drug-likeness (QED) is 0.711. The van der Waals surface area contributed by atoms with Gasteiger partial charge in [-0.05, 0) is 74.0 Å². The largest absolute Gasteiger partial charge is 0.385 e. The zero-order valence-electron chi connectivity index (χ0n) is 16.0. The average molecular weight is 353 g/mol. The first-order valence-electron chi connectivity index (χ1n) is 10.7. The molecule has 0 aromatic rings. The number of carbonyl (C=O) groups excluding carboxylic acids is 1. The van der Waals surface area contributed by atoms with Crippen molar-refractivity contribution in [2.24, 2.45) is 34.5 Å². The van der Waals surface area contributed by atoms with E-state index in [0.717, 1.165) is 51.4 Å². The van der Waals surface area contributed by atoms with Crippen molar-refractivity contribution in [2.45, 2.75) is 70.3 Å². The van der Waals surface area contributed by atoms with E-state index in [1.165, 1.54) is 5.57 Å². The molecule has 0 amide bonds. The summed E-state index contributed by atoms with van der Waals surface area (Å²) in [5.41, 5.74) is 0.984. The fourth-order valence-corrected chi connectivity index (χ4v) is 8.38. The number of fused-ring (bicyclic) bond motifs is 2. The molecule has 3 saturated carbocycles. The third kappa shape index (κ3) is 1.85. The van der Waals surface area contributed by atoms with Gasteiger partial charge in [0.05, 0.1) is 5.60 Å². The summed E-state index contributed by atoms with van der Waals surface area (Å²) in [6, 6.07) is 0. The van der Waals surface area contributed by atoms with Crippen LogP contribution in [0.2, 0.25) is 0 Å². The second-order valence-corrected chi connectivity index (χ2v) is 9.81. The highest BCUT2D eigenvalue weighted by Gasteiger charge is 2.67. The summed E-state index contributed by atoms with van der Waals surface area (Å²) in [6.07, 6.45) is 18.1. The second kappa shape index (κ2) is 5.44. The number of rotatable bonds is 2. The van der Waals surface area contributed by atoms with E-state index in [4.69, 9.17) is 0 Å². The summed E-state index contributed by atoms with van der Waals surface area (Å²) in [7, 11) is 0. The minimum Gasteiger partial charge on any atom is -0.385 e. The lowest BCUT2D eigenvalue weighted by Crippen LogP contribution is -2.59. The van der Waals surface area contributed by atoms with Crippen molar-refractivity contribution in [1.29, 1.82) is 0 Å². The molecule has 1 N–H and O–H groups in total. The Labute approximate surface area is 157 Å². The van der Waals surface area contributed by atoms with Crippen LogP contribution in [0.1, 0.15) is 64.7 Å². The molecule has 0 bridgehead atoms. The maximum atomic E-state index is 12.1. The standard InChI is InChI=1S/C24H32O2/c1-3-23-15-16-6-5-11-22-12-9-18(25)14-17(22)7-8-19(21(16)22)20(23)10-13-24(23,26)4-2/h4-7,16,19-21,26H,2-3,8-15H2,1H3/t16-,19?,20?,21?,22-,23-,24-/m0/s1. The second-order valence-electron chi connectivity index (χ2n) is 9.81. The van der Waals surface area contributed by atoms with E-state index in [1.54, 1.807) is 0 Å². The van der Waals surface area contributed by atoms with E-state index < -0.39 is 5.60 Å². The average Bonchev–Trinajstić information content (AvgIpc) is 2.96. The molecule has 5 rings (SSSR count). The van der Waals surface area contributed by atoms with E-state index in [0.29, 0.717) is 35.9 Å². The number of allylic oxidation sites excluding steroid dienone is 4. The Hall–Kier alpha value is -1.15. The van der Waals surface area contributed by atoms with E-state index >= 15 is 0 Å². The molecule has 0 heterocycles. The first kappa shape index (κ1) is 17.0. The number of hydrogen-bond donors (Lipinski definition) is 1. The van der Waals surface area contributed by atoms with Gasteiger partial charge in [-0.2, -0.15) is 0 Å². The van der Waals surface area contributed by atoms with Gasteiger partial charge >= 0.3 is 0 Å². The summed E-state index contributed by atoms with van der Waals surface area (Å²) in [6.45, 7) is 6.31. The van der Waals surface area contributed by atoms with Crippen molar-refractivity contribution in [3.05, 3.63) is 36.5 Å². The van der Waals surface area contributed by atoms with E-state index in [-0.39, 0.29) is 10.8 Å². The molecular formula is C24H32O2. The Kier molecular flexibility index (Phi) is 3.55. The smallest absolute Gasteiger partial charge is 0.136 e. The van der Waals surface area contributed by atoms with Crippen molar-refractivity contribution in [1.82, 2.24) is 0 Å². The third-order valence-electron chi connectivity index (χ3n) is 9.43. The van der Waals surface area contributed by atoms with Crippen LogP contribution in [0.25, 0.3) is 0 Å². The Morgan fingerprint density at radius 3 is 3.00 bits per heavy atom. The van der Waals surface area contributed by atoms with Gasteiger partial charge in [-0.3, -0.25) is 4.79 Å². The molecule has 3 unspecified atom stereocenters. The highest BCUT2D eigenvalue weighted by Crippen LogP contribution is 2.71. The molecule has 26 heavy (non-hydrogen) atoms. The number of ketones is 1. The van der Waals surface area contributed by atoms with Gasteiger partial charge in [0.25, 0.3) is 0 Å². The van der Waals surface area contributed by atoms with E-state index in [1.807, 2.05) is 6.08 Å². The molecule has 1 spiro atoms. The van der Waals surface area contributed by atoms with Gasteiger partial charge in [0.2, 0.25) is 0 Å². The van der Waals surface area contributed by atoms with Crippen molar-refractivity contribution in [3.63, 3.8) is 0 Å². The molecule has 2 heteroatoms. The van der Waals surface area contributed by atoms with E-state index in [2.05, 4.69) is 31.7 Å². The van der Waals surface area contributed by atoms with Crippen LogP contribution >= 0.6 is 0 Å². The van der Waals surface area contributed by atoms with Gasteiger partial charge in [0.15, 0.2) is 0 Å². The van der Waals surface area contributed by atoms with Crippen molar-refractivity contribution < 1.29 is 9.90 Å². The van der Waals surface area contributed by atoms with Crippen LogP contribution in [0.5, 0.6) is 0 Å². The lowest BCUT2D eigenvalue weighted by atomic mass is 9.41. The van der Waals surface area contributed by atoms with Crippen molar-refractivity contribution in [3.8, 4) is 0 Å². The monoisotopic (exact) mass is 352 g/mol.